The standard InChI is InChI=1S/C14H12BrClN2O2/c15-12-3-1-2-10(6-12)8-17-9-11-4-5-13(16)14(7-11)18(19)20/h1-7,17H,8-9H2. The van der Waals surface area contributed by atoms with Crippen LogP contribution in [0.4, 0.5) is 5.69 Å². The van der Waals surface area contributed by atoms with E-state index >= 15 is 0 Å². The van der Waals surface area contributed by atoms with Gasteiger partial charge in [-0.25, -0.2) is 0 Å². The van der Waals surface area contributed by atoms with Crippen molar-refractivity contribution in [3.05, 3.63) is 73.2 Å². The molecular formula is C14H12BrClN2O2. The van der Waals surface area contributed by atoms with Crippen molar-refractivity contribution < 1.29 is 4.92 Å². The van der Waals surface area contributed by atoms with Gasteiger partial charge >= 0.3 is 0 Å². The van der Waals surface area contributed by atoms with Crippen molar-refractivity contribution in [2.45, 2.75) is 13.1 Å². The Morgan fingerprint density at radius 1 is 1.15 bits per heavy atom. The Bertz CT molecular complexity index is 634. The molecular weight excluding hydrogens is 344 g/mol. The van der Waals surface area contributed by atoms with Gasteiger partial charge in [-0.1, -0.05) is 45.7 Å². The van der Waals surface area contributed by atoms with Crippen LogP contribution < -0.4 is 5.32 Å². The van der Waals surface area contributed by atoms with Crippen LogP contribution in [0, 0.1) is 10.1 Å². The minimum absolute atomic E-state index is 0.0616. The predicted molar refractivity (Wildman–Crippen MR) is 82.8 cm³/mol. The van der Waals surface area contributed by atoms with Crippen molar-refractivity contribution in [1.29, 1.82) is 0 Å². The fourth-order valence-electron chi connectivity index (χ4n) is 1.81. The zero-order chi connectivity index (χ0) is 14.5. The topological polar surface area (TPSA) is 55.2 Å². The molecule has 1 N–H and O–H groups in total. The smallest absolute Gasteiger partial charge is 0.288 e. The van der Waals surface area contributed by atoms with Crippen molar-refractivity contribution in [3.63, 3.8) is 0 Å². The van der Waals surface area contributed by atoms with Gasteiger partial charge in [0.2, 0.25) is 0 Å². The van der Waals surface area contributed by atoms with Crippen LogP contribution in [-0.2, 0) is 13.1 Å². The molecule has 104 valence electrons. The van der Waals surface area contributed by atoms with E-state index in [0.29, 0.717) is 13.1 Å². The van der Waals surface area contributed by atoms with Gasteiger partial charge in [0.25, 0.3) is 5.69 Å². The molecule has 0 unspecified atom stereocenters. The number of hydrogen-bond donors (Lipinski definition) is 1. The lowest BCUT2D eigenvalue weighted by molar-refractivity contribution is -0.384. The zero-order valence-corrected chi connectivity index (χ0v) is 12.8. The highest BCUT2D eigenvalue weighted by atomic mass is 79.9. The Morgan fingerprint density at radius 3 is 2.50 bits per heavy atom. The maximum absolute atomic E-state index is 10.8. The number of nitro benzene ring substituents is 1. The maximum atomic E-state index is 10.8. The number of halogens is 2. The number of nitrogens with one attached hydrogen (secondary N) is 1. The van der Waals surface area contributed by atoms with E-state index in [2.05, 4.69) is 21.2 Å². The minimum atomic E-state index is -0.472. The van der Waals surface area contributed by atoms with Crippen molar-refractivity contribution >= 4 is 33.2 Å². The highest BCUT2D eigenvalue weighted by Gasteiger charge is 2.12. The van der Waals surface area contributed by atoms with Gasteiger partial charge in [-0.15, -0.1) is 0 Å². The van der Waals surface area contributed by atoms with Crippen molar-refractivity contribution in [1.82, 2.24) is 5.32 Å². The summed E-state index contributed by atoms with van der Waals surface area (Å²) in [6.45, 7) is 1.24. The van der Waals surface area contributed by atoms with E-state index in [1.807, 2.05) is 24.3 Å². The second-order valence-corrected chi connectivity index (χ2v) is 5.60. The molecule has 0 aliphatic heterocycles. The molecule has 20 heavy (non-hydrogen) atoms. The fraction of sp³-hybridized carbons (Fsp3) is 0.143. The van der Waals surface area contributed by atoms with Crippen LogP contribution in [0.3, 0.4) is 0 Å². The van der Waals surface area contributed by atoms with Crippen LogP contribution in [0.2, 0.25) is 5.02 Å². The molecule has 0 radical (unpaired) electrons. The van der Waals surface area contributed by atoms with E-state index in [-0.39, 0.29) is 10.7 Å². The van der Waals surface area contributed by atoms with E-state index in [1.54, 1.807) is 12.1 Å². The molecule has 0 aliphatic carbocycles. The van der Waals surface area contributed by atoms with E-state index in [9.17, 15) is 10.1 Å². The van der Waals surface area contributed by atoms with Gasteiger partial charge in [0.05, 0.1) is 4.92 Å². The lowest BCUT2D eigenvalue weighted by Crippen LogP contribution is -2.12. The number of nitro groups is 1. The molecule has 4 nitrogen and oxygen atoms in total. The minimum Gasteiger partial charge on any atom is -0.309 e. The van der Waals surface area contributed by atoms with Gasteiger partial charge in [-0.05, 0) is 29.3 Å². The molecule has 2 aromatic carbocycles. The molecule has 0 saturated heterocycles. The normalized spacial score (nSPS) is 10.5. The molecule has 6 heteroatoms. The number of nitrogens with zero attached hydrogens (tertiary/aromatic N) is 1. The molecule has 0 aromatic heterocycles. The van der Waals surface area contributed by atoms with Gasteiger partial charge in [0, 0.05) is 23.6 Å². The van der Waals surface area contributed by atoms with Crippen molar-refractivity contribution in [2.24, 2.45) is 0 Å². The highest BCUT2D eigenvalue weighted by molar-refractivity contribution is 9.10. The molecule has 2 aromatic rings. The second-order valence-electron chi connectivity index (χ2n) is 4.28. The first-order valence-electron chi connectivity index (χ1n) is 5.94. The van der Waals surface area contributed by atoms with Gasteiger partial charge in [-0.3, -0.25) is 10.1 Å². The third kappa shape index (κ3) is 4.03. The Morgan fingerprint density at radius 2 is 1.85 bits per heavy atom. The van der Waals surface area contributed by atoms with Gasteiger partial charge in [0.1, 0.15) is 5.02 Å². The van der Waals surface area contributed by atoms with Crippen LogP contribution in [0.15, 0.2) is 46.9 Å². The van der Waals surface area contributed by atoms with Crippen LogP contribution in [-0.4, -0.2) is 4.92 Å². The molecule has 0 spiro atoms. The fourth-order valence-corrected chi connectivity index (χ4v) is 2.44. The maximum Gasteiger partial charge on any atom is 0.288 e. The monoisotopic (exact) mass is 354 g/mol. The highest BCUT2D eigenvalue weighted by Crippen LogP contribution is 2.25. The Hall–Kier alpha value is -1.43. The quantitative estimate of drug-likeness (QED) is 0.642. The summed E-state index contributed by atoms with van der Waals surface area (Å²) in [7, 11) is 0. The summed E-state index contributed by atoms with van der Waals surface area (Å²) in [5.74, 6) is 0. The van der Waals surface area contributed by atoms with Crippen molar-refractivity contribution in [3.8, 4) is 0 Å². The van der Waals surface area contributed by atoms with Gasteiger partial charge in [0.15, 0.2) is 0 Å². The average Bonchev–Trinajstić information content (AvgIpc) is 2.40. The van der Waals surface area contributed by atoms with Crippen molar-refractivity contribution in [2.75, 3.05) is 0 Å². The number of benzene rings is 2. The third-order valence-corrected chi connectivity index (χ3v) is 3.57. The molecule has 0 bridgehead atoms. The molecule has 0 amide bonds. The zero-order valence-electron chi connectivity index (χ0n) is 10.5. The Kier molecular flexibility index (Phi) is 5.11. The summed E-state index contributed by atoms with van der Waals surface area (Å²) in [6, 6.07) is 12.8. The lowest BCUT2D eigenvalue weighted by atomic mass is 10.2. The summed E-state index contributed by atoms with van der Waals surface area (Å²) in [5, 5.41) is 14.2. The third-order valence-electron chi connectivity index (χ3n) is 2.75. The summed E-state index contributed by atoms with van der Waals surface area (Å²) in [6.07, 6.45) is 0. The van der Waals surface area contributed by atoms with Gasteiger partial charge < -0.3 is 5.32 Å². The van der Waals surface area contributed by atoms with Crippen LogP contribution in [0.1, 0.15) is 11.1 Å². The second kappa shape index (κ2) is 6.83. The van der Waals surface area contributed by atoms with Crippen LogP contribution in [0.5, 0.6) is 0 Å². The van der Waals surface area contributed by atoms with E-state index in [0.717, 1.165) is 15.6 Å². The first-order chi connectivity index (χ1) is 9.56. The van der Waals surface area contributed by atoms with E-state index in [4.69, 9.17) is 11.6 Å². The number of hydrogen-bond acceptors (Lipinski definition) is 3. The molecule has 0 saturated carbocycles. The summed E-state index contributed by atoms with van der Waals surface area (Å²) >= 11 is 9.19. The van der Waals surface area contributed by atoms with E-state index < -0.39 is 4.92 Å². The Balaban J connectivity index is 1.97. The van der Waals surface area contributed by atoms with E-state index in [1.165, 1.54) is 6.07 Å². The number of rotatable bonds is 5. The summed E-state index contributed by atoms with van der Waals surface area (Å²) in [4.78, 5) is 10.3. The average molecular weight is 356 g/mol. The Labute approximate surface area is 130 Å². The lowest BCUT2D eigenvalue weighted by Gasteiger charge is -2.06. The molecule has 0 atom stereocenters. The largest absolute Gasteiger partial charge is 0.309 e. The SMILES string of the molecule is O=[N+]([O-])c1cc(CNCc2cccc(Br)c2)ccc1Cl. The summed E-state index contributed by atoms with van der Waals surface area (Å²) < 4.78 is 1.03. The molecule has 2 rings (SSSR count). The van der Waals surface area contributed by atoms with Crippen LogP contribution in [0.25, 0.3) is 0 Å². The molecule has 0 fully saturated rings. The van der Waals surface area contributed by atoms with Crippen LogP contribution >= 0.6 is 27.5 Å². The molecule has 0 aliphatic rings. The summed E-state index contributed by atoms with van der Waals surface area (Å²) in [5.41, 5.74) is 1.91. The van der Waals surface area contributed by atoms with Gasteiger partial charge in [-0.2, -0.15) is 0 Å². The predicted octanol–water partition coefficient (Wildman–Crippen LogP) is 4.30. The molecule has 0 heterocycles. The first-order valence-corrected chi connectivity index (χ1v) is 7.11. The first kappa shape index (κ1) is 15.0.